The van der Waals surface area contributed by atoms with E-state index in [-0.39, 0.29) is 12.1 Å². The normalized spacial score (nSPS) is 12.6. The van der Waals surface area contributed by atoms with Gasteiger partial charge in [-0.25, -0.2) is 0 Å². The van der Waals surface area contributed by atoms with Crippen molar-refractivity contribution in [1.82, 2.24) is 0 Å². The van der Waals surface area contributed by atoms with E-state index in [1.807, 2.05) is 0 Å². The van der Waals surface area contributed by atoms with Gasteiger partial charge in [-0.05, 0) is 124 Å². The lowest BCUT2D eigenvalue weighted by atomic mass is 9.33. The average molecular weight is 1290 g/mol. The first kappa shape index (κ1) is 58.5. The van der Waals surface area contributed by atoms with Gasteiger partial charge in [0.05, 0.1) is 11.4 Å². The predicted molar refractivity (Wildman–Crippen MR) is 427 cm³/mol. The van der Waals surface area contributed by atoms with E-state index in [4.69, 9.17) is 8.83 Å². The highest BCUT2D eigenvalue weighted by Crippen LogP contribution is 2.56. The SMILES string of the molecule is CC(C)(C)c1cc2c3c(c1)N(c1c(-c4ccccc4)cccc1-c1ccccc1)c1cc(-c4c5ccccc5c(-c5cccc6c5oc5ccccc56)c5ccccc45)ccc1B3c1cc(-c3cccc4c3oc3ccccc34)ccc1N2c1c(-c2ccccc2)cccc1-c1ccccc1. The molecule has 0 fully saturated rings. The Bertz CT molecular complexity index is 6210. The first-order valence-corrected chi connectivity index (χ1v) is 35.1. The molecule has 20 rings (SSSR count). The van der Waals surface area contributed by atoms with Gasteiger partial charge in [-0.3, -0.25) is 0 Å². The molecule has 0 saturated heterocycles. The van der Waals surface area contributed by atoms with Crippen LogP contribution in [0.2, 0.25) is 0 Å². The number of furan rings is 2. The summed E-state index contributed by atoms with van der Waals surface area (Å²) in [6.45, 7) is 6.85. The van der Waals surface area contributed by atoms with Crippen LogP contribution in [0, 0.1) is 0 Å². The maximum absolute atomic E-state index is 6.96. The molecule has 0 radical (unpaired) electrons. The third-order valence-corrected chi connectivity index (χ3v) is 21.4. The van der Waals surface area contributed by atoms with Crippen LogP contribution < -0.4 is 26.2 Å². The maximum Gasteiger partial charge on any atom is 0.252 e. The second-order valence-electron chi connectivity index (χ2n) is 28.1. The average Bonchev–Trinajstić information content (AvgIpc) is 1.21. The highest BCUT2D eigenvalue weighted by atomic mass is 16.3. The fourth-order valence-corrected chi connectivity index (χ4v) is 16.9. The van der Waals surface area contributed by atoms with Gasteiger partial charge < -0.3 is 18.6 Å². The van der Waals surface area contributed by atoms with Crippen LogP contribution in [0.3, 0.4) is 0 Å². The molecule has 4 nitrogen and oxygen atoms in total. The Morgan fingerprint density at radius 3 is 1.11 bits per heavy atom. The molecule has 18 aromatic rings. The lowest BCUT2D eigenvalue weighted by Gasteiger charge is -2.46. The van der Waals surface area contributed by atoms with Crippen LogP contribution in [0.15, 0.2) is 349 Å². The molecule has 0 bridgehead atoms. The zero-order valence-corrected chi connectivity index (χ0v) is 56.1. The minimum Gasteiger partial charge on any atom is -0.455 e. The summed E-state index contributed by atoms with van der Waals surface area (Å²) in [6.07, 6.45) is 0. The van der Waals surface area contributed by atoms with Gasteiger partial charge >= 0.3 is 0 Å². The van der Waals surface area contributed by atoms with Gasteiger partial charge in [0, 0.05) is 83.2 Å². The van der Waals surface area contributed by atoms with E-state index in [9.17, 15) is 0 Å². The van der Waals surface area contributed by atoms with E-state index in [0.29, 0.717) is 0 Å². The van der Waals surface area contributed by atoms with Crippen molar-refractivity contribution in [2.45, 2.75) is 26.2 Å². The molecular weight excluding hydrogens is 1220 g/mol. The summed E-state index contributed by atoms with van der Waals surface area (Å²) in [6, 6.07) is 126. The molecule has 0 aliphatic carbocycles. The fraction of sp³-hybridized carbons (Fsp3) is 0.0417. The second-order valence-corrected chi connectivity index (χ2v) is 28.1. The summed E-state index contributed by atoms with van der Waals surface area (Å²) in [5.74, 6) is 0. The van der Waals surface area contributed by atoms with Gasteiger partial charge in [-0.1, -0.05) is 324 Å². The summed E-state index contributed by atoms with van der Waals surface area (Å²) in [4.78, 5) is 5.35. The first-order chi connectivity index (χ1) is 49.8. The number of benzene rings is 16. The molecule has 2 aromatic heterocycles. The molecule has 2 aliphatic rings. The van der Waals surface area contributed by atoms with Gasteiger partial charge in [-0.15, -0.1) is 0 Å². The Morgan fingerprint density at radius 1 is 0.257 bits per heavy atom. The smallest absolute Gasteiger partial charge is 0.252 e. The van der Waals surface area contributed by atoms with E-state index < -0.39 is 0 Å². The van der Waals surface area contributed by atoms with Crippen LogP contribution in [0.1, 0.15) is 26.3 Å². The third-order valence-electron chi connectivity index (χ3n) is 21.4. The highest BCUT2D eigenvalue weighted by Gasteiger charge is 2.46. The largest absolute Gasteiger partial charge is 0.455 e. The Morgan fingerprint density at radius 2 is 0.634 bits per heavy atom. The van der Waals surface area contributed by atoms with Crippen LogP contribution in [0.4, 0.5) is 34.1 Å². The zero-order chi connectivity index (χ0) is 67.0. The Kier molecular flexibility index (Phi) is 13.3. The summed E-state index contributed by atoms with van der Waals surface area (Å²) in [5.41, 5.74) is 30.5. The monoisotopic (exact) mass is 1290 g/mol. The minimum absolute atomic E-state index is 0.274. The van der Waals surface area contributed by atoms with Gasteiger partial charge in [-0.2, -0.15) is 0 Å². The number of para-hydroxylation sites is 6. The van der Waals surface area contributed by atoms with Crippen LogP contribution in [0.5, 0.6) is 0 Å². The van der Waals surface area contributed by atoms with Crippen LogP contribution in [-0.2, 0) is 5.41 Å². The number of fused-ring (bicyclic) bond motifs is 12. The molecule has 474 valence electrons. The zero-order valence-electron chi connectivity index (χ0n) is 56.1. The number of nitrogens with zero attached hydrogens (tertiary/aromatic N) is 2. The Balaban J connectivity index is 0.935. The lowest BCUT2D eigenvalue weighted by Crippen LogP contribution is -2.61. The van der Waals surface area contributed by atoms with E-state index in [1.165, 1.54) is 38.3 Å². The van der Waals surface area contributed by atoms with E-state index in [2.05, 4.69) is 370 Å². The summed E-state index contributed by atoms with van der Waals surface area (Å²) < 4.78 is 13.9. The maximum atomic E-state index is 6.96. The van der Waals surface area contributed by atoms with Crippen molar-refractivity contribution in [3.8, 4) is 77.9 Å². The van der Waals surface area contributed by atoms with Gasteiger partial charge in [0.1, 0.15) is 22.3 Å². The molecule has 0 unspecified atom stereocenters. The molecule has 0 saturated carbocycles. The molecule has 4 heterocycles. The van der Waals surface area contributed by atoms with Crippen molar-refractivity contribution < 1.29 is 8.83 Å². The first-order valence-electron chi connectivity index (χ1n) is 35.1. The molecule has 0 atom stereocenters. The van der Waals surface area contributed by atoms with Gasteiger partial charge in [0.15, 0.2) is 0 Å². The number of hydrogen-bond donors (Lipinski definition) is 0. The summed E-state index contributed by atoms with van der Waals surface area (Å²) in [7, 11) is 0. The van der Waals surface area contributed by atoms with Gasteiger partial charge in [0.2, 0.25) is 0 Å². The van der Waals surface area contributed by atoms with Crippen LogP contribution >= 0.6 is 0 Å². The molecule has 0 amide bonds. The Labute approximate surface area is 587 Å². The minimum atomic E-state index is -0.315. The standard InChI is InChI=1S/C96H65BN2O2/c1-96(2,3)66-58-85-91-86(59-66)99(93-69(62-32-12-6-13-33-62)44-25-45-70(93)63-34-14-7-15-35-63)84-57-65(89-74-38-16-18-40-76(74)90(77-41-19-17-39-75(77)89)80-49-27-48-79-73-37-21-23-51-88(73)101-95(79)80)52-54-81(84)97(91)82-56-64(71-46-26-47-78-72-36-20-22-50-87(72)100-94(71)78)53-55-83(82)98(85)92-67(60-28-8-4-9-29-60)42-24-43-68(92)61-30-10-5-11-31-61/h4-59H,1-3H3. The highest BCUT2D eigenvalue weighted by molar-refractivity contribution is 7.00. The number of anilines is 6. The Hall–Kier alpha value is -12.7. The molecule has 16 aromatic carbocycles. The number of hydrogen-bond acceptors (Lipinski definition) is 4. The molecule has 5 heteroatoms. The van der Waals surface area contributed by atoms with Crippen LogP contribution in [-0.4, -0.2) is 6.71 Å². The van der Waals surface area contributed by atoms with Crippen molar-refractivity contribution in [2.24, 2.45) is 0 Å². The molecule has 0 N–H and O–H groups in total. The quantitative estimate of drug-likeness (QED) is 0.107. The molecule has 101 heavy (non-hydrogen) atoms. The lowest BCUT2D eigenvalue weighted by molar-refractivity contribution is 0.590. The fourth-order valence-electron chi connectivity index (χ4n) is 16.9. The van der Waals surface area contributed by atoms with E-state index >= 15 is 0 Å². The van der Waals surface area contributed by atoms with Crippen LogP contribution in [0.25, 0.3) is 143 Å². The number of rotatable bonds is 9. The van der Waals surface area contributed by atoms with E-state index in [0.717, 1.165) is 161 Å². The molecule has 0 spiro atoms. The second kappa shape index (κ2) is 23.0. The van der Waals surface area contributed by atoms with Crippen molar-refractivity contribution in [2.75, 3.05) is 9.80 Å². The predicted octanol–water partition coefficient (Wildman–Crippen LogP) is 24.8. The van der Waals surface area contributed by atoms with Gasteiger partial charge in [0.25, 0.3) is 6.71 Å². The molecule has 2 aliphatic heterocycles. The molecular formula is C96H65BN2O2. The van der Waals surface area contributed by atoms with Crippen molar-refractivity contribution in [3.05, 3.63) is 345 Å². The summed E-state index contributed by atoms with van der Waals surface area (Å²) in [5, 5.41) is 9.08. The topological polar surface area (TPSA) is 32.8 Å². The van der Waals surface area contributed by atoms with Crippen molar-refractivity contribution >= 4 is 123 Å². The van der Waals surface area contributed by atoms with E-state index in [1.54, 1.807) is 0 Å². The van der Waals surface area contributed by atoms with Crippen molar-refractivity contribution in [1.29, 1.82) is 0 Å². The summed E-state index contributed by atoms with van der Waals surface area (Å²) >= 11 is 0. The van der Waals surface area contributed by atoms with Crippen molar-refractivity contribution in [3.63, 3.8) is 0 Å². The third kappa shape index (κ3) is 9.16.